The molecule has 1 aromatic carbocycles. The molecule has 0 aromatic heterocycles. The molecule has 72 valence electrons. The average molecular weight is 180 g/mol. The highest BCUT2D eigenvalue weighted by atomic mass is 16.3. The van der Waals surface area contributed by atoms with E-state index in [1.807, 2.05) is 30.3 Å². The van der Waals surface area contributed by atoms with Gasteiger partial charge in [-0.05, 0) is 25.3 Å². The van der Waals surface area contributed by atoms with Crippen LogP contribution in [0.4, 0.5) is 0 Å². The summed E-state index contributed by atoms with van der Waals surface area (Å²) in [6.45, 7) is 1.61. The van der Waals surface area contributed by atoms with E-state index >= 15 is 0 Å². The molecule has 0 aliphatic heterocycles. The predicted octanol–water partition coefficient (Wildman–Crippen LogP) is 1.36. The van der Waals surface area contributed by atoms with Gasteiger partial charge in [-0.15, -0.1) is 0 Å². The van der Waals surface area contributed by atoms with Crippen LogP contribution in [-0.4, -0.2) is 22.4 Å². The van der Waals surface area contributed by atoms with E-state index < -0.39 is 12.2 Å². The highest BCUT2D eigenvalue weighted by molar-refractivity contribution is 5.14. The lowest BCUT2D eigenvalue weighted by Gasteiger charge is -2.12. The summed E-state index contributed by atoms with van der Waals surface area (Å²) >= 11 is 0. The zero-order chi connectivity index (χ0) is 9.68. The van der Waals surface area contributed by atoms with Crippen molar-refractivity contribution in [2.75, 3.05) is 0 Å². The Hall–Kier alpha value is -0.860. The summed E-state index contributed by atoms with van der Waals surface area (Å²) in [4.78, 5) is 0. The molecule has 0 aliphatic carbocycles. The van der Waals surface area contributed by atoms with Crippen molar-refractivity contribution in [3.63, 3.8) is 0 Å². The van der Waals surface area contributed by atoms with Gasteiger partial charge >= 0.3 is 0 Å². The Morgan fingerprint density at radius 3 is 2.31 bits per heavy atom. The first-order valence-electron chi connectivity index (χ1n) is 4.60. The van der Waals surface area contributed by atoms with E-state index in [-0.39, 0.29) is 0 Å². The first-order valence-corrected chi connectivity index (χ1v) is 4.60. The van der Waals surface area contributed by atoms with Gasteiger partial charge in [-0.25, -0.2) is 0 Å². The van der Waals surface area contributed by atoms with Crippen molar-refractivity contribution in [1.82, 2.24) is 0 Å². The van der Waals surface area contributed by atoms with Crippen molar-refractivity contribution in [2.24, 2.45) is 0 Å². The van der Waals surface area contributed by atoms with Crippen molar-refractivity contribution in [2.45, 2.75) is 32.0 Å². The highest BCUT2D eigenvalue weighted by Crippen LogP contribution is 2.06. The molecule has 2 heteroatoms. The zero-order valence-corrected chi connectivity index (χ0v) is 7.85. The lowest BCUT2D eigenvalue weighted by molar-refractivity contribution is 0.0265. The van der Waals surface area contributed by atoms with Crippen LogP contribution in [0.1, 0.15) is 18.9 Å². The third-order valence-electron chi connectivity index (χ3n) is 2.13. The highest BCUT2D eigenvalue weighted by Gasteiger charge is 2.09. The van der Waals surface area contributed by atoms with Crippen molar-refractivity contribution < 1.29 is 10.2 Å². The Morgan fingerprint density at radius 2 is 1.77 bits per heavy atom. The van der Waals surface area contributed by atoms with Crippen LogP contribution >= 0.6 is 0 Å². The number of hydrogen-bond donors (Lipinski definition) is 2. The quantitative estimate of drug-likeness (QED) is 0.734. The lowest BCUT2D eigenvalue weighted by atomic mass is 10.0. The molecule has 0 aliphatic rings. The lowest BCUT2D eigenvalue weighted by Crippen LogP contribution is -2.22. The Morgan fingerprint density at radius 1 is 1.15 bits per heavy atom. The molecule has 0 radical (unpaired) electrons. The van der Waals surface area contributed by atoms with Gasteiger partial charge in [0.15, 0.2) is 0 Å². The normalized spacial score (nSPS) is 15.3. The Balaban J connectivity index is 2.35. The van der Waals surface area contributed by atoms with Gasteiger partial charge in [0, 0.05) is 0 Å². The minimum absolute atomic E-state index is 0.611. The summed E-state index contributed by atoms with van der Waals surface area (Å²) in [5.41, 5.74) is 1.20. The molecule has 0 amide bonds. The summed E-state index contributed by atoms with van der Waals surface area (Å²) in [5, 5.41) is 18.4. The third kappa shape index (κ3) is 3.57. The van der Waals surface area contributed by atoms with E-state index in [1.54, 1.807) is 6.92 Å². The van der Waals surface area contributed by atoms with E-state index in [4.69, 9.17) is 5.11 Å². The van der Waals surface area contributed by atoms with Crippen LogP contribution in [0.5, 0.6) is 0 Å². The van der Waals surface area contributed by atoms with Gasteiger partial charge in [0.05, 0.1) is 12.2 Å². The van der Waals surface area contributed by atoms with Crippen molar-refractivity contribution in [1.29, 1.82) is 0 Å². The number of aryl methyl sites for hydroxylation is 1. The maximum Gasteiger partial charge on any atom is 0.0799 e. The van der Waals surface area contributed by atoms with Crippen LogP contribution in [-0.2, 0) is 6.42 Å². The number of benzene rings is 1. The van der Waals surface area contributed by atoms with E-state index in [0.29, 0.717) is 6.42 Å². The van der Waals surface area contributed by atoms with Crippen molar-refractivity contribution in [3.8, 4) is 0 Å². The average Bonchev–Trinajstić information content (AvgIpc) is 2.15. The van der Waals surface area contributed by atoms with E-state index in [1.165, 1.54) is 5.56 Å². The van der Waals surface area contributed by atoms with Gasteiger partial charge < -0.3 is 10.2 Å². The molecule has 0 heterocycles. The largest absolute Gasteiger partial charge is 0.391 e. The second-order valence-corrected chi connectivity index (χ2v) is 3.33. The summed E-state index contributed by atoms with van der Waals surface area (Å²) in [5.74, 6) is 0. The number of hydrogen-bond acceptors (Lipinski definition) is 2. The molecule has 2 nitrogen and oxygen atoms in total. The van der Waals surface area contributed by atoms with Crippen molar-refractivity contribution in [3.05, 3.63) is 35.9 Å². The molecule has 2 N–H and O–H groups in total. The molecule has 0 saturated heterocycles. The molecule has 1 rings (SSSR count). The maximum atomic E-state index is 9.34. The van der Waals surface area contributed by atoms with Crippen LogP contribution in [0.25, 0.3) is 0 Å². The SMILES string of the molecule is CC(O)C(O)CCc1ccccc1. The van der Waals surface area contributed by atoms with E-state index in [0.717, 1.165) is 6.42 Å². The molecule has 0 fully saturated rings. The van der Waals surface area contributed by atoms with Gasteiger partial charge in [-0.1, -0.05) is 30.3 Å². The molecule has 2 atom stereocenters. The first-order chi connectivity index (χ1) is 6.20. The third-order valence-corrected chi connectivity index (χ3v) is 2.13. The molecule has 0 bridgehead atoms. The second-order valence-electron chi connectivity index (χ2n) is 3.33. The summed E-state index contributed by atoms with van der Waals surface area (Å²) in [7, 11) is 0. The zero-order valence-electron chi connectivity index (χ0n) is 7.85. The van der Waals surface area contributed by atoms with Gasteiger partial charge in [0.25, 0.3) is 0 Å². The monoisotopic (exact) mass is 180 g/mol. The molecule has 1 aromatic rings. The molecular formula is C11H16O2. The van der Waals surface area contributed by atoms with Crippen LogP contribution in [0.15, 0.2) is 30.3 Å². The maximum absolute atomic E-state index is 9.34. The fourth-order valence-electron chi connectivity index (χ4n) is 1.20. The van der Waals surface area contributed by atoms with Crippen LogP contribution in [0.3, 0.4) is 0 Å². The standard InChI is InChI=1S/C11H16O2/c1-9(12)11(13)8-7-10-5-3-2-4-6-10/h2-6,9,11-13H,7-8H2,1H3. The van der Waals surface area contributed by atoms with Crippen LogP contribution < -0.4 is 0 Å². The minimum Gasteiger partial charge on any atom is -0.391 e. The molecular weight excluding hydrogens is 164 g/mol. The van der Waals surface area contributed by atoms with Gasteiger partial charge in [-0.3, -0.25) is 0 Å². The Labute approximate surface area is 78.8 Å². The topological polar surface area (TPSA) is 40.5 Å². The number of aliphatic hydroxyl groups excluding tert-OH is 2. The van der Waals surface area contributed by atoms with Gasteiger partial charge in [0.1, 0.15) is 0 Å². The number of aliphatic hydroxyl groups is 2. The minimum atomic E-state index is -0.635. The second kappa shape index (κ2) is 5.00. The smallest absolute Gasteiger partial charge is 0.0799 e. The van der Waals surface area contributed by atoms with Gasteiger partial charge in [-0.2, -0.15) is 0 Å². The molecule has 2 unspecified atom stereocenters. The van der Waals surface area contributed by atoms with Crippen LogP contribution in [0, 0.1) is 0 Å². The van der Waals surface area contributed by atoms with Crippen molar-refractivity contribution >= 4 is 0 Å². The number of rotatable bonds is 4. The fourth-order valence-corrected chi connectivity index (χ4v) is 1.20. The van der Waals surface area contributed by atoms with E-state index in [9.17, 15) is 5.11 Å². The first kappa shape index (κ1) is 10.2. The molecule has 13 heavy (non-hydrogen) atoms. The van der Waals surface area contributed by atoms with E-state index in [2.05, 4.69) is 0 Å². The predicted molar refractivity (Wildman–Crippen MR) is 52.5 cm³/mol. The molecule has 0 spiro atoms. The fraction of sp³-hybridized carbons (Fsp3) is 0.455. The molecule has 0 saturated carbocycles. The van der Waals surface area contributed by atoms with Crippen LogP contribution in [0.2, 0.25) is 0 Å². The summed E-state index contributed by atoms with van der Waals surface area (Å²) in [6, 6.07) is 9.96. The summed E-state index contributed by atoms with van der Waals surface area (Å²) < 4.78 is 0. The Kier molecular flexibility index (Phi) is 3.93. The van der Waals surface area contributed by atoms with Gasteiger partial charge in [0.2, 0.25) is 0 Å². The summed E-state index contributed by atoms with van der Waals surface area (Å²) in [6.07, 6.45) is 0.179. The Bertz CT molecular complexity index is 231.